The van der Waals surface area contributed by atoms with E-state index >= 15 is 0 Å². The third-order valence-electron chi connectivity index (χ3n) is 8.03. The zero-order chi connectivity index (χ0) is 32.2. The average Bonchev–Trinajstić information content (AvgIpc) is 3.05. The number of aromatic nitrogens is 2. The predicted octanol–water partition coefficient (Wildman–Crippen LogP) is 2.01. The number of carbonyl (C=O) groups is 1. The minimum absolute atomic E-state index is 0.0987. The highest BCUT2D eigenvalue weighted by Crippen LogP contribution is 2.26. The normalized spacial score (nSPS) is 16.8. The Bertz CT molecular complexity index is 1700. The lowest BCUT2D eigenvalue weighted by Crippen LogP contribution is -2.49. The van der Waals surface area contributed by atoms with Gasteiger partial charge in [-0.3, -0.25) is 4.79 Å². The molecule has 0 unspecified atom stereocenters. The summed E-state index contributed by atoms with van der Waals surface area (Å²) in [6.07, 6.45) is 1.37. The lowest BCUT2D eigenvalue weighted by atomic mass is 10.2. The van der Waals surface area contributed by atoms with Gasteiger partial charge < -0.3 is 26.2 Å². The number of nitrogens with zero attached hydrogens (tertiary/aromatic N) is 6. The topological polar surface area (TPSA) is 174 Å². The molecule has 0 bridgehead atoms. The van der Waals surface area contributed by atoms with E-state index in [9.17, 15) is 21.6 Å². The maximum atomic E-state index is 12.2. The molecule has 0 saturated carbocycles. The summed E-state index contributed by atoms with van der Waals surface area (Å²) in [5.41, 5.74) is 9.11. The molecule has 2 fully saturated rings. The minimum atomic E-state index is -3.19. The average molecular weight is 658 g/mol. The summed E-state index contributed by atoms with van der Waals surface area (Å²) in [5.74, 6) is 0.0551. The quantitative estimate of drug-likeness (QED) is 0.275. The molecule has 5 rings (SSSR count). The number of anilines is 6. The van der Waals surface area contributed by atoms with E-state index < -0.39 is 26.0 Å². The van der Waals surface area contributed by atoms with E-state index in [0.29, 0.717) is 58.0 Å². The molecule has 0 radical (unpaired) electrons. The van der Waals surface area contributed by atoms with Gasteiger partial charge in [0.1, 0.15) is 11.4 Å². The minimum Gasteiger partial charge on any atom is -0.369 e. The van der Waals surface area contributed by atoms with E-state index in [2.05, 4.69) is 30.4 Å². The van der Waals surface area contributed by atoms with Crippen LogP contribution in [0, 0.1) is 0 Å². The lowest BCUT2D eigenvalue weighted by molar-refractivity contribution is 0.100. The van der Waals surface area contributed by atoms with Gasteiger partial charge in [-0.15, -0.1) is 0 Å². The molecule has 2 aliphatic heterocycles. The molecule has 0 spiro atoms. The van der Waals surface area contributed by atoms with Gasteiger partial charge in [-0.2, -0.15) is 13.6 Å². The summed E-state index contributed by atoms with van der Waals surface area (Å²) in [6, 6.07) is 15.3. The molecule has 1 amide bonds. The van der Waals surface area contributed by atoms with Gasteiger partial charge in [0.05, 0.1) is 11.5 Å². The third-order valence-corrected chi connectivity index (χ3v) is 11.8. The molecular weight excluding hydrogens is 619 g/mol. The summed E-state index contributed by atoms with van der Waals surface area (Å²) in [5, 5.41) is 6.32. The number of rotatable bonds is 11. The van der Waals surface area contributed by atoms with Gasteiger partial charge in [-0.1, -0.05) is 0 Å². The summed E-state index contributed by atoms with van der Waals surface area (Å²) in [7, 11) is -6.38. The van der Waals surface area contributed by atoms with Gasteiger partial charge in [0.25, 0.3) is 5.91 Å². The van der Waals surface area contributed by atoms with Crippen molar-refractivity contribution in [3.63, 3.8) is 0 Å². The van der Waals surface area contributed by atoms with Crippen molar-refractivity contribution < 1.29 is 21.6 Å². The highest BCUT2D eigenvalue weighted by atomic mass is 32.2. The highest BCUT2D eigenvalue weighted by molar-refractivity contribution is 7.89. The van der Waals surface area contributed by atoms with Crippen LogP contribution in [0.3, 0.4) is 0 Å². The van der Waals surface area contributed by atoms with Crippen LogP contribution in [0.1, 0.15) is 24.2 Å². The number of hydrogen-bond donors (Lipinski definition) is 3. The first-order valence-corrected chi connectivity index (χ1v) is 18.1. The number of nitrogens with two attached hydrogens (primary N) is 1. The molecule has 1 aromatic heterocycles. The maximum Gasteiger partial charge on any atom is 0.254 e. The van der Waals surface area contributed by atoms with Crippen LogP contribution in [-0.4, -0.2) is 105 Å². The molecule has 2 aromatic carbocycles. The van der Waals surface area contributed by atoms with E-state index in [1.807, 2.05) is 48.5 Å². The molecule has 2 saturated heterocycles. The fourth-order valence-electron chi connectivity index (χ4n) is 5.31. The second-order valence-corrected chi connectivity index (χ2v) is 15.3. The van der Waals surface area contributed by atoms with Crippen molar-refractivity contribution in [2.24, 2.45) is 5.73 Å². The molecule has 242 valence electrons. The van der Waals surface area contributed by atoms with Crippen molar-refractivity contribution in [2.75, 3.05) is 84.3 Å². The molecule has 0 atom stereocenters. The van der Waals surface area contributed by atoms with Gasteiger partial charge in [-0.05, 0) is 62.4 Å². The zero-order valence-corrected chi connectivity index (χ0v) is 27.0. The van der Waals surface area contributed by atoms with Crippen LogP contribution in [0.25, 0.3) is 0 Å². The molecule has 3 aromatic rings. The van der Waals surface area contributed by atoms with Crippen molar-refractivity contribution in [3.8, 4) is 0 Å². The number of benzene rings is 2. The number of sulfonamides is 2. The Morgan fingerprint density at radius 3 is 1.53 bits per heavy atom. The Labute approximate surface area is 264 Å². The molecule has 4 N–H and O–H groups in total. The Balaban J connectivity index is 1.22. The zero-order valence-electron chi connectivity index (χ0n) is 25.4. The van der Waals surface area contributed by atoms with Crippen molar-refractivity contribution in [2.45, 2.75) is 13.8 Å². The molecule has 2 aliphatic rings. The third kappa shape index (κ3) is 7.64. The summed E-state index contributed by atoms with van der Waals surface area (Å²) in [4.78, 5) is 25.2. The maximum absolute atomic E-state index is 12.2. The second kappa shape index (κ2) is 13.6. The summed E-state index contributed by atoms with van der Waals surface area (Å²) < 4.78 is 51.7. The van der Waals surface area contributed by atoms with Crippen LogP contribution in [0.4, 0.5) is 34.5 Å². The first kappa shape index (κ1) is 32.4. The Morgan fingerprint density at radius 2 is 1.13 bits per heavy atom. The van der Waals surface area contributed by atoms with Crippen molar-refractivity contribution in [1.29, 1.82) is 0 Å². The van der Waals surface area contributed by atoms with Crippen LogP contribution >= 0.6 is 0 Å². The van der Waals surface area contributed by atoms with Gasteiger partial charge >= 0.3 is 0 Å². The molecule has 14 nitrogen and oxygen atoms in total. The van der Waals surface area contributed by atoms with Gasteiger partial charge in [0.15, 0.2) is 0 Å². The fourth-order valence-corrected chi connectivity index (χ4v) is 7.48. The van der Waals surface area contributed by atoms with E-state index in [0.717, 1.165) is 17.1 Å². The first-order valence-electron chi connectivity index (χ1n) is 14.9. The number of hydrogen-bond acceptors (Lipinski definition) is 11. The summed E-state index contributed by atoms with van der Waals surface area (Å²) >= 11 is 0. The van der Waals surface area contributed by atoms with Crippen molar-refractivity contribution >= 4 is 60.5 Å². The molecule has 0 aliphatic carbocycles. The molecular formula is C29H39N9O5S2. The van der Waals surface area contributed by atoms with Crippen LogP contribution in [-0.2, 0) is 20.0 Å². The molecule has 3 heterocycles. The van der Waals surface area contributed by atoms with Crippen molar-refractivity contribution in [1.82, 2.24) is 18.6 Å². The SMILES string of the molecule is CCS(=O)(=O)N1CCN(c2ccc(Nc3ncc(C(N)=O)c(Nc4ccc(N5CCN(S(=O)(=O)CC)CC5)cc4)n3)cc2)CC1. The van der Waals surface area contributed by atoms with Crippen LogP contribution < -0.4 is 26.2 Å². The van der Waals surface area contributed by atoms with Crippen LogP contribution in [0.2, 0.25) is 0 Å². The van der Waals surface area contributed by atoms with Gasteiger partial charge in [0, 0.05) is 81.3 Å². The number of primary amides is 1. The largest absolute Gasteiger partial charge is 0.369 e. The number of nitrogens with one attached hydrogen (secondary N) is 2. The van der Waals surface area contributed by atoms with E-state index in [1.165, 1.54) is 14.8 Å². The monoisotopic (exact) mass is 657 g/mol. The van der Waals surface area contributed by atoms with E-state index in [-0.39, 0.29) is 28.8 Å². The van der Waals surface area contributed by atoms with Gasteiger partial charge in [-0.25, -0.2) is 21.8 Å². The summed E-state index contributed by atoms with van der Waals surface area (Å²) in [6.45, 7) is 7.53. The highest BCUT2D eigenvalue weighted by Gasteiger charge is 2.26. The lowest BCUT2D eigenvalue weighted by Gasteiger charge is -2.35. The van der Waals surface area contributed by atoms with E-state index in [4.69, 9.17) is 5.73 Å². The van der Waals surface area contributed by atoms with Crippen LogP contribution in [0.15, 0.2) is 54.7 Å². The number of piperazine rings is 2. The fraction of sp³-hybridized carbons (Fsp3) is 0.414. The Kier molecular flexibility index (Phi) is 9.76. The van der Waals surface area contributed by atoms with Crippen LogP contribution in [0.5, 0.6) is 0 Å². The standard InChI is InChI=1S/C29H39N9O5S2/c1-3-44(40,41)37-17-13-35(14-18-37)24-9-5-22(6-10-24)32-28-26(27(30)39)21-31-29(34-28)33-23-7-11-25(12-8-23)36-15-19-38(20-16-36)45(42,43)4-2/h5-12,21H,3-4,13-20H2,1-2H3,(H2,30,39)(H2,31,32,33,34). The van der Waals surface area contributed by atoms with Gasteiger partial charge in [0.2, 0.25) is 26.0 Å². The first-order chi connectivity index (χ1) is 21.5. The molecule has 16 heteroatoms. The smallest absolute Gasteiger partial charge is 0.254 e. The second-order valence-electron chi connectivity index (χ2n) is 10.7. The number of amides is 1. The predicted molar refractivity (Wildman–Crippen MR) is 176 cm³/mol. The number of carbonyl (C=O) groups excluding carboxylic acids is 1. The Hall–Kier alpha value is -3.99. The Morgan fingerprint density at radius 1 is 0.711 bits per heavy atom. The van der Waals surface area contributed by atoms with Crippen molar-refractivity contribution in [3.05, 3.63) is 60.3 Å². The molecule has 45 heavy (non-hydrogen) atoms. The van der Waals surface area contributed by atoms with E-state index in [1.54, 1.807) is 13.8 Å².